The molecule has 3 aliphatic rings. The van der Waals surface area contributed by atoms with Crippen molar-refractivity contribution in [1.82, 2.24) is 15.1 Å². The Morgan fingerprint density at radius 3 is 2.13 bits per heavy atom. The molecule has 3 rings (SSSR count). The van der Waals surface area contributed by atoms with Crippen molar-refractivity contribution in [3.05, 3.63) is 34.3 Å². The average molecular weight is 466 g/mol. The van der Waals surface area contributed by atoms with Gasteiger partial charge in [0.15, 0.2) is 0 Å². The second kappa shape index (κ2) is 13.9. The molecule has 4 nitrogen and oxygen atoms in total. The summed E-state index contributed by atoms with van der Waals surface area (Å²) >= 11 is 3.69. The maximum atomic E-state index is 5.45. The number of ether oxygens (including phenoxy) is 1. The Labute approximate surface area is 199 Å². The maximum Gasteiger partial charge on any atom is 0.0992 e. The molecular weight excluding hydrogens is 422 g/mol. The SMILES string of the molecule is C=C(NC(=C)N(C1CCCCC1)C1CCCCC1)S/C(=C\C)SCCN1CCOCC1. The normalized spacial score (nSPS) is 22.3. The van der Waals surface area contributed by atoms with Crippen LogP contribution in [0.15, 0.2) is 34.3 Å². The third kappa shape index (κ3) is 8.38. The standard InChI is InChI=1S/C25H43N3OS2/c1-4-25(30-20-17-27-15-18-29-19-16-27)31-22(3)26-21(2)28(23-11-7-5-8-12-23)24-13-9-6-10-14-24/h4,23-24,26H,2-3,5-20H2,1H3/b25-4-. The molecule has 0 unspecified atom stereocenters. The van der Waals surface area contributed by atoms with Crippen LogP contribution < -0.4 is 5.32 Å². The Hall–Kier alpha value is -0.560. The van der Waals surface area contributed by atoms with Gasteiger partial charge in [-0.2, -0.15) is 0 Å². The summed E-state index contributed by atoms with van der Waals surface area (Å²) in [7, 11) is 0. The van der Waals surface area contributed by atoms with Gasteiger partial charge in [0.25, 0.3) is 0 Å². The van der Waals surface area contributed by atoms with Gasteiger partial charge < -0.3 is 15.0 Å². The molecule has 0 bridgehead atoms. The molecule has 0 aromatic rings. The van der Waals surface area contributed by atoms with Crippen LogP contribution in [-0.4, -0.2) is 60.5 Å². The third-order valence-electron chi connectivity index (χ3n) is 6.75. The largest absolute Gasteiger partial charge is 0.379 e. The number of hydrogen-bond acceptors (Lipinski definition) is 6. The van der Waals surface area contributed by atoms with Crippen molar-refractivity contribution in [3.63, 3.8) is 0 Å². The van der Waals surface area contributed by atoms with Crippen molar-refractivity contribution in [2.75, 3.05) is 38.6 Å². The number of morpholine rings is 1. The van der Waals surface area contributed by atoms with Crippen LogP contribution in [0.3, 0.4) is 0 Å². The molecule has 2 aliphatic carbocycles. The summed E-state index contributed by atoms with van der Waals surface area (Å²) in [5.41, 5.74) is 0. The van der Waals surface area contributed by atoms with E-state index in [2.05, 4.69) is 41.3 Å². The summed E-state index contributed by atoms with van der Waals surface area (Å²) < 4.78 is 6.77. The van der Waals surface area contributed by atoms with E-state index in [4.69, 9.17) is 4.74 Å². The van der Waals surface area contributed by atoms with E-state index in [1.54, 1.807) is 11.8 Å². The van der Waals surface area contributed by atoms with Crippen molar-refractivity contribution >= 4 is 23.5 Å². The smallest absolute Gasteiger partial charge is 0.0992 e. The van der Waals surface area contributed by atoms with Gasteiger partial charge >= 0.3 is 0 Å². The van der Waals surface area contributed by atoms with Crippen LogP contribution >= 0.6 is 23.5 Å². The van der Waals surface area contributed by atoms with E-state index in [1.165, 1.54) is 68.4 Å². The summed E-state index contributed by atoms with van der Waals surface area (Å²) in [6.07, 6.45) is 15.7. The highest BCUT2D eigenvalue weighted by Gasteiger charge is 2.30. The van der Waals surface area contributed by atoms with Crippen LogP contribution in [0, 0.1) is 0 Å². The van der Waals surface area contributed by atoms with Gasteiger partial charge in [-0.05, 0) is 32.6 Å². The minimum absolute atomic E-state index is 0.652. The fourth-order valence-corrected chi connectivity index (χ4v) is 7.14. The zero-order valence-electron chi connectivity index (χ0n) is 19.6. The fourth-order valence-electron chi connectivity index (χ4n) is 5.10. The summed E-state index contributed by atoms with van der Waals surface area (Å²) in [4.78, 5) is 5.15. The van der Waals surface area contributed by atoms with Gasteiger partial charge in [-0.25, -0.2) is 0 Å². The molecule has 1 heterocycles. The monoisotopic (exact) mass is 465 g/mol. The lowest BCUT2D eigenvalue weighted by Gasteiger charge is -2.44. The van der Waals surface area contributed by atoms with Crippen LogP contribution in [0.25, 0.3) is 0 Å². The first-order valence-corrected chi connectivity index (χ1v) is 14.2. The molecule has 0 aromatic heterocycles. The average Bonchev–Trinajstić information content (AvgIpc) is 2.80. The number of rotatable bonds is 11. The third-order valence-corrected chi connectivity index (χ3v) is 9.04. The van der Waals surface area contributed by atoms with E-state index in [0.717, 1.165) is 49.5 Å². The summed E-state index contributed by atoms with van der Waals surface area (Å²) in [5, 5.41) is 4.59. The molecular formula is C25H43N3OS2. The highest BCUT2D eigenvalue weighted by atomic mass is 32.2. The summed E-state index contributed by atoms with van der Waals surface area (Å²) in [6, 6.07) is 1.30. The minimum atomic E-state index is 0.652. The quantitative estimate of drug-likeness (QED) is 0.394. The summed E-state index contributed by atoms with van der Waals surface area (Å²) in [6.45, 7) is 15.9. The second-order valence-electron chi connectivity index (χ2n) is 9.00. The van der Waals surface area contributed by atoms with Crippen LogP contribution in [0.2, 0.25) is 0 Å². The van der Waals surface area contributed by atoms with Crippen molar-refractivity contribution in [2.45, 2.75) is 83.2 Å². The van der Waals surface area contributed by atoms with E-state index in [0.29, 0.717) is 12.1 Å². The van der Waals surface area contributed by atoms with E-state index in [1.807, 2.05) is 11.8 Å². The van der Waals surface area contributed by atoms with Gasteiger partial charge in [0, 0.05) is 41.7 Å². The number of allylic oxidation sites excluding steroid dienone is 1. The summed E-state index contributed by atoms with van der Waals surface area (Å²) in [5.74, 6) is 2.18. The zero-order chi connectivity index (χ0) is 21.9. The van der Waals surface area contributed by atoms with Gasteiger partial charge in [-0.15, -0.1) is 11.8 Å². The number of nitrogens with one attached hydrogen (secondary N) is 1. The Kier molecular flexibility index (Phi) is 11.2. The Bertz CT molecular complexity index is 574. The molecule has 176 valence electrons. The molecule has 0 atom stereocenters. The van der Waals surface area contributed by atoms with Crippen molar-refractivity contribution in [2.24, 2.45) is 0 Å². The highest BCUT2D eigenvalue weighted by Crippen LogP contribution is 2.35. The molecule has 0 amide bonds. The lowest BCUT2D eigenvalue weighted by Crippen LogP contribution is -2.47. The molecule has 3 fully saturated rings. The Balaban J connectivity index is 1.48. The molecule has 2 saturated carbocycles. The molecule has 0 spiro atoms. The lowest BCUT2D eigenvalue weighted by molar-refractivity contribution is 0.0410. The molecule has 0 radical (unpaired) electrons. The predicted octanol–water partition coefficient (Wildman–Crippen LogP) is 6.15. The first-order chi connectivity index (χ1) is 15.2. The Morgan fingerprint density at radius 2 is 1.58 bits per heavy atom. The highest BCUT2D eigenvalue weighted by molar-refractivity contribution is 8.23. The van der Waals surface area contributed by atoms with E-state index in [9.17, 15) is 0 Å². The Morgan fingerprint density at radius 1 is 1.00 bits per heavy atom. The van der Waals surface area contributed by atoms with Gasteiger partial charge in [-0.1, -0.05) is 69.5 Å². The van der Waals surface area contributed by atoms with Crippen molar-refractivity contribution < 1.29 is 4.74 Å². The van der Waals surface area contributed by atoms with Gasteiger partial charge in [0.05, 0.1) is 24.1 Å². The topological polar surface area (TPSA) is 27.7 Å². The second-order valence-corrected chi connectivity index (χ2v) is 11.5. The van der Waals surface area contributed by atoms with Gasteiger partial charge in [0.1, 0.15) is 0 Å². The minimum Gasteiger partial charge on any atom is -0.379 e. The molecule has 31 heavy (non-hydrogen) atoms. The number of nitrogens with zero attached hydrogens (tertiary/aromatic N) is 2. The maximum absolute atomic E-state index is 5.45. The van der Waals surface area contributed by atoms with Crippen LogP contribution in [-0.2, 0) is 4.74 Å². The van der Waals surface area contributed by atoms with Crippen LogP contribution in [0.4, 0.5) is 0 Å². The first kappa shape index (κ1) is 25.1. The van der Waals surface area contributed by atoms with Crippen molar-refractivity contribution in [3.8, 4) is 0 Å². The molecule has 1 saturated heterocycles. The molecule has 0 aromatic carbocycles. The van der Waals surface area contributed by atoms with Crippen molar-refractivity contribution in [1.29, 1.82) is 0 Å². The van der Waals surface area contributed by atoms with E-state index >= 15 is 0 Å². The van der Waals surface area contributed by atoms with Crippen LogP contribution in [0.1, 0.15) is 71.1 Å². The van der Waals surface area contributed by atoms with Gasteiger partial charge in [0.2, 0.25) is 0 Å². The van der Waals surface area contributed by atoms with E-state index < -0.39 is 0 Å². The first-order valence-electron chi connectivity index (χ1n) is 12.4. The zero-order valence-corrected chi connectivity index (χ0v) is 21.2. The van der Waals surface area contributed by atoms with E-state index in [-0.39, 0.29) is 0 Å². The molecule has 6 heteroatoms. The molecule has 1 aliphatic heterocycles. The van der Waals surface area contributed by atoms with Crippen LogP contribution in [0.5, 0.6) is 0 Å². The number of thioether (sulfide) groups is 2. The molecule has 1 N–H and O–H groups in total. The van der Waals surface area contributed by atoms with Gasteiger partial charge in [-0.3, -0.25) is 4.90 Å². The number of hydrogen-bond donors (Lipinski definition) is 1. The predicted molar refractivity (Wildman–Crippen MR) is 138 cm³/mol. The fraction of sp³-hybridized carbons (Fsp3) is 0.760. The lowest BCUT2D eigenvalue weighted by atomic mass is 9.88.